The van der Waals surface area contributed by atoms with Crippen molar-refractivity contribution < 1.29 is 14.6 Å². The van der Waals surface area contributed by atoms with Crippen LogP contribution in [0.3, 0.4) is 0 Å². The molecule has 0 atom stereocenters. The van der Waals surface area contributed by atoms with Gasteiger partial charge in [-0.05, 0) is 25.8 Å². The van der Waals surface area contributed by atoms with Gasteiger partial charge < -0.3 is 15.6 Å². The van der Waals surface area contributed by atoms with Crippen molar-refractivity contribution in [3.05, 3.63) is 0 Å². The van der Waals surface area contributed by atoms with Crippen molar-refractivity contribution in [2.24, 2.45) is 11.1 Å². The van der Waals surface area contributed by atoms with Crippen LogP contribution in [0, 0.1) is 5.41 Å². The van der Waals surface area contributed by atoms with Crippen LogP contribution in [0.25, 0.3) is 0 Å². The summed E-state index contributed by atoms with van der Waals surface area (Å²) < 4.78 is 5.12. The molecule has 3 N–H and O–H groups in total. The zero-order valence-corrected chi connectivity index (χ0v) is 8.31. The van der Waals surface area contributed by atoms with E-state index in [1.807, 2.05) is 0 Å². The molecule has 0 saturated carbocycles. The van der Waals surface area contributed by atoms with Gasteiger partial charge in [0.15, 0.2) is 0 Å². The van der Waals surface area contributed by atoms with E-state index in [1.54, 1.807) is 0 Å². The van der Waals surface area contributed by atoms with Gasteiger partial charge in [0.1, 0.15) is 0 Å². The fraction of sp³-hybridized carbons (Fsp3) is 0.875. The predicted octanol–water partition coefficient (Wildman–Crippen LogP) is 0.638. The van der Waals surface area contributed by atoms with Crippen molar-refractivity contribution in [2.75, 3.05) is 19.8 Å². The van der Waals surface area contributed by atoms with E-state index in [4.69, 9.17) is 15.6 Å². The van der Waals surface area contributed by atoms with Crippen molar-refractivity contribution >= 4 is 18.4 Å². The van der Waals surface area contributed by atoms with Gasteiger partial charge in [-0.25, -0.2) is 0 Å². The van der Waals surface area contributed by atoms with Crippen molar-refractivity contribution in [1.82, 2.24) is 0 Å². The molecule has 0 radical (unpaired) electrons. The minimum absolute atomic E-state index is 0. The van der Waals surface area contributed by atoms with Crippen LogP contribution in [0.1, 0.15) is 19.3 Å². The van der Waals surface area contributed by atoms with Crippen LogP contribution in [-0.4, -0.2) is 30.8 Å². The number of carboxylic acids is 1. The molecule has 13 heavy (non-hydrogen) atoms. The Morgan fingerprint density at radius 3 is 2.38 bits per heavy atom. The van der Waals surface area contributed by atoms with E-state index >= 15 is 0 Å². The Morgan fingerprint density at radius 2 is 2.00 bits per heavy atom. The highest BCUT2D eigenvalue weighted by atomic mass is 35.5. The van der Waals surface area contributed by atoms with E-state index in [1.165, 1.54) is 0 Å². The van der Waals surface area contributed by atoms with Gasteiger partial charge in [0.25, 0.3) is 0 Å². The minimum Gasteiger partial charge on any atom is -0.481 e. The molecule has 0 bridgehead atoms. The molecule has 0 aromatic heterocycles. The summed E-state index contributed by atoms with van der Waals surface area (Å²) in [6.07, 6.45) is 1.75. The first kappa shape index (κ1) is 12.7. The van der Waals surface area contributed by atoms with Crippen LogP contribution >= 0.6 is 12.4 Å². The Balaban J connectivity index is 0.00000144. The Kier molecular flexibility index (Phi) is 5.29. The van der Waals surface area contributed by atoms with Crippen molar-refractivity contribution in [2.45, 2.75) is 19.3 Å². The molecule has 0 unspecified atom stereocenters. The quantitative estimate of drug-likeness (QED) is 0.716. The second-order valence-corrected chi connectivity index (χ2v) is 3.24. The molecular formula is C8H16ClNO3. The summed E-state index contributed by atoms with van der Waals surface area (Å²) in [5.74, 6) is -0.726. The largest absolute Gasteiger partial charge is 0.481 e. The average molecular weight is 210 g/mol. The van der Waals surface area contributed by atoms with E-state index in [9.17, 15) is 4.79 Å². The van der Waals surface area contributed by atoms with Gasteiger partial charge in [0.05, 0.1) is 5.41 Å². The second-order valence-electron chi connectivity index (χ2n) is 3.24. The standard InChI is InChI=1S/C8H15NO3.ClH/c9-4-1-8(7(10)11)2-5-12-6-3-8;/h1-6,9H2,(H,10,11);1H. The number of nitrogens with two attached hydrogens (primary N) is 1. The molecule has 0 aliphatic carbocycles. The molecule has 1 aliphatic rings. The van der Waals surface area contributed by atoms with Gasteiger partial charge in [0, 0.05) is 13.2 Å². The summed E-state index contributed by atoms with van der Waals surface area (Å²) in [7, 11) is 0. The van der Waals surface area contributed by atoms with Crippen LogP contribution in [0.4, 0.5) is 0 Å². The SMILES string of the molecule is Cl.NCCC1(C(=O)O)CCOCC1. The number of ether oxygens (including phenoxy) is 1. The average Bonchev–Trinajstić information content (AvgIpc) is 2.06. The maximum Gasteiger partial charge on any atom is 0.309 e. The maximum absolute atomic E-state index is 11.0. The molecule has 1 fully saturated rings. The molecular weight excluding hydrogens is 194 g/mol. The Morgan fingerprint density at radius 1 is 1.46 bits per heavy atom. The topological polar surface area (TPSA) is 72.6 Å². The van der Waals surface area contributed by atoms with E-state index in [0.717, 1.165) is 0 Å². The molecule has 0 aromatic rings. The monoisotopic (exact) mass is 209 g/mol. The minimum atomic E-state index is -0.726. The lowest BCUT2D eigenvalue weighted by molar-refractivity contribution is -0.155. The highest BCUT2D eigenvalue weighted by Crippen LogP contribution is 2.33. The molecule has 0 spiro atoms. The van der Waals surface area contributed by atoms with Gasteiger partial charge in [-0.1, -0.05) is 0 Å². The molecule has 5 heteroatoms. The summed E-state index contributed by atoms with van der Waals surface area (Å²) in [5.41, 5.74) is 4.77. The fourth-order valence-corrected chi connectivity index (χ4v) is 1.61. The second kappa shape index (κ2) is 5.42. The van der Waals surface area contributed by atoms with E-state index in [0.29, 0.717) is 39.0 Å². The molecule has 1 rings (SSSR count). The summed E-state index contributed by atoms with van der Waals surface area (Å²) >= 11 is 0. The molecule has 1 aliphatic heterocycles. The highest BCUT2D eigenvalue weighted by Gasteiger charge is 2.39. The molecule has 1 saturated heterocycles. The summed E-state index contributed by atoms with van der Waals surface area (Å²) in [5, 5.41) is 9.01. The number of carbonyl (C=O) groups is 1. The molecule has 4 nitrogen and oxygen atoms in total. The zero-order chi connectivity index (χ0) is 9.03. The Hall–Kier alpha value is -0.320. The van der Waals surface area contributed by atoms with Gasteiger partial charge in [-0.3, -0.25) is 4.79 Å². The first-order valence-electron chi connectivity index (χ1n) is 4.22. The summed E-state index contributed by atoms with van der Waals surface area (Å²) in [6, 6.07) is 0. The summed E-state index contributed by atoms with van der Waals surface area (Å²) in [6.45, 7) is 1.53. The van der Waals surface area contributed by atoms with Crippen LogP contribution in [0.2, 0.25) is 0 Å². The number of hydrogen-bond donors (Lipinski definition) is 2. The van der Waals surface area contributed by atoms with Crippen molar-refractivity contribution in [1.29, 1.82) is 0 Å². The number of aliphatic carboxylic acids is 1. The molecule has 0 aromatic carbocycles. The summed E-state index contributed by atoms with van der Waals surface area (Å²) in [4.78, 5) is 11.0. The lowest BCUT2D eigenvalue weighted by Gasteiger charge is -2.32. The lowest BCUT2D eigenvalue weighted by Crippen LogP contribution is -2.38. The Labute approximate surface area is 83.9 Å². The van der Waals surface area contributed by atoms with Gasteiger partial charge in [-0.2, -0.15) is 0 Å². The first-order valence-corrected chi connectivity index (χ1v) is 4.22. The third kappa shape index (κ3) is 2.83. The number of rotatable bonds is 3. The van der Waals surface area contributed by atoms with E-state index < -0.39 is 11.4 Å². The number of hydrogen-bond acceptors (Lipinski definition) is 3. The van der Waals surface area contributed by atoms with Gasteiger partial charge in [0.2, 0.25) is 0 Å². The number of carboxylic acid groups (broad SMARTS) is 1. The van der Waals surface area contributed by atoms with Crippen LogP contribution < -0.4 is 5.73 Å². The van der Waals surface area contributed by atoms with Crippen molar-refractivity contribution in [3.63, 3.8) is 0 Å². The zero-order valence-electron chi connectivity index (χ0n) is 7.49. The smallest absolute Gasteiger partial charge is 0.309 e. The Bertz CT molecular complexity index is 163. The van der Waals surface area contributed by atoms with Gasteiger partial charge in [-0.15, -0.1) is 12.4 Å². The normalized spacial score (nSPS) is 20.4. The fourth-order valence-electron chi connectivity index (χ4n) is 1.61. The van der Waals surface area contributed by atoms with E-state index in [2.05, 4.69) is 0 Å². The van der Waals surface area contributed by atoms with E-state index in [-0.39, 0.29) is 12.4 Å². The molecule has 0 amide bonds. The van der Waals surface area contributed by atoms with Crippen LogP contribution in [-0.2, 0) is 9.53 Å². The third-order valence-corrected chi connectivity index (χ3v) is 2.53. The van der Waals surface area contributed by atoms with Gasteiger partial charge >= 0.3 is 5.97 Å². The van der Waals surface area contributed by atoms with Crippen molar-refractivity contribution in [3.8, 4) is 0 Å². The maximum atomic E-state index is 11.0. The lowest BCUT2D eigenvalue weighted by atomic mass is 9.77. The van der Waals surface area contributed by atoms with Crippen LogP contribution in [0.5, 0.6) is 0 Å². The van der Waals surface area contributed by atoms with Crippen LogP contribution in [0.15, 0.2) is 0 Å². The third-order valence-electron chi connectivity index (χ3n) is 2.53. The predicted molar refractivity (Wildman–Crippen MR) is 51.0 cm³/mol. The first-order chi connectivity index (χ1) is 5.71. The molecule has 1 heterocycles. The molecule has 78 valence electrons. The number of halogens is 1. The highest BCUT2D eigenvalue weighted by molar-refractivity contribution is 5.85.